The first-order chi connectivity index (χ1) is 12.9. The standard InChI is InChI=1S/C21H27BF2O3S/c1-14(2)25-16-9-11-21(24,12-10-16)28-18-8-7-15(13-17(18)23)22-26-19(3,4)20(5,6)27-22/h7-11,13-14H,12H2,1-6H3. The summed E-state index contributed by atoms with van der Waals surface area (Å²) in [7, 11) is -0.647. The van der Waals surface area contributed by atoms with Crippen molar-refractivity contribution in [1.29, 1.82) is 0 Å². The Bertz CT molecular complexity index is 791. The van der Waals surface area contributed by atoms with Crippen LogP contribution in [0.4, 0.5) is 8.78 Å². The zero-order valence-electron chi connectivity index (χ0n) is 17.2. The molecule has 1 atom stereocenters. The minimum Gasteiger partial charge on any atom is -0.491 e. The second-order valence-electron chi connectivity index (χ2n) is 8.48. The summed E-state index contributed by atoms with van der Waals surface area (Å²) in [6.45, 7) is 11.6. The number of hydrogen-bond donors (Lipinski definition) is 0. The topological polar surface area (TPSA) is 27.7 Å². The van der Waals surface area contributed by atoms with E-state index < -0.39 is 29.1 Å². The molecule has 1 aliphatic carbocycles. The second kappa shape index (κ2) is 7.50. The fraction of sp³-hybridized carbons (Fsp3) is 0.524. The number of allylic oxidation sites excluding steroid dienone is 2. The molecule has 7 heteroatoms. The van der Waals surface area contributed by atoms with Crippen molar-refractivity contribution in [3.63, 3.8) is 0 Å². The Morgan fingerprint density at radius 1 is 1.14 bits per heavy atom. The van der Waals surface area contributed by atoms with Gasteiger partial charge in [0, 0.05) is 11.3 Å². The van der Waals surface area contributed by atoms with Crippen LogP contribution >= 0.6 is 11.8 Å². The van der Waals surface area contributed by atoms with Gasteiger partial charge in [-0.25, -0.2) is 8.78 Å². The highest BCUT2D eigenvalue weighted by Crippen LogP contribution is 2.42. The van der Waals surface area contributed by atoms with Crippen molar-refractivity contribution in [3.8, 4) is 0 Å². The Labute approximate surface area is 170 Å². The molecule has 0 bridgehead atoms. The molecule has 28 heavy (non-hydrogen) atoms. The normalized spacial score (nSPS) is 25.9. The van der Waals surface area contributed by atoms with Crippen molar-refractivity contribution in [1.82, 2.24) is 0 Å². The first-order valence-corrected chi connectivity index (χ1v) is 10.3. The third-order valence-corrected chi connectivity index (χ3v) is 6.40. The van der Waals surface area contributed by atoms with Crippen LogP contribution in [0.25, 0.3) is 0 Å². The fourth-order valence-corrected chi connectivity index (χ4v) is 3.89. The summed E-state index contributed by atoms with van der Waals surface area (Å²) >= 11 is 0.855. The first kappa shape index (κ1) is 21.4. The van der Waals surface area contributed by atoms with E-state index in [2.05, 4.69) is 0 Å². The van der Waals surface area contributed by atoms with Gasteiger partial charge in [-0.3, -0.25) is 0 Å². The Morgan fingerprint density at radius 3 is 2.29 bits per heavy atom. The van der Waals surface area contributed by atoms with Crippen LogP contribution < -0.4 is 5.46 Å². The van der Waals surface area contributed by atoms with E-state index in [-0.39, 0.29) is 17.4 Å². The molecule has 152 valence electrons. The Morgan fingerprint density at radius 2 is 1.79 bits per heavy atom. The molecule has 0 spiro atoms. The van der Waals surface area contributed by atoms with Gasteiger partial charge in [0.25, 0.3) is 0 Å². The highest BCUT2D eigenvalue weighted by Gasteiger charge is 2.51. The smallest absolute Gasteiger partial charge is 0.491 e. The molecule has 0 saturated carbocycles. The molecule has 1 fully saturated rings. The highest BCUT2D eigenvalue weighted by molar-refractivity contribution is 8.00. The first-order valence-electron chi connectivity index (χ1n) is 9.50. The number of rotatable bonds is 5. The van der Waals surface area contributed by atoms with Crippen molar-refractivity contribution in [3.05, 3.63) is 48.0 Å². The maximum absolute atomic E-state index is 15.1. The van der Waals surface area contributed by atoms with Crippen molar-refractivity contribution >= 4 is 24.3 Å². The predicted molar refractivity (Wildman–Crippen MR) is 110 cm³/mol. The molecule has 3 rings (SSSR count). The largest absolute Gasteiger partial charge is 0.494 e. The van der Waals surface area contributed by atoms with Gasteiger partial charge in [0.1, 0.15) is 11.6 Å². The van der Waals surface area contributed by atoms with Gasteiger partial charge < -0.3 is 14.0 Å². The molecular weight excluding hydrogens is 381 g/mol. The van der Waals surface area contributed by atoms with Crippen molar-refractivity contribution in [2.24, 2.45) is 0 Å². The van der Waals surface area contributed by atoms with Crippen molar-refractivity contribution < 1.29 is 22.8 Å². The predicted octanol–water partition coefficient (Wildman–Crippen LogP) is 5.15. The van der Waals surface area contributed by atoms with Crippen LogP contribution in [0.2, 0.25) is 0 Å². The lowest BCUT2D eigenvalue weighted by molar-refractivity contribution is 0.00578. The lowest BCUT2D eigenvalue weighted by atomic mass is 9.79. The molecule has 1 saturated heterocycles. The van der Waals surface area contributed by atoms with Crippen molar-refractivity contribution in [2.75, 3.05) is 0 Å². The zero-order valence-corrected chi connectivity index (χ0v) is 18.0. The van der Waals surface area contributed by atoms with E-state index in [1.165, 1.54) is 12.1 Å². The Hall–Kier alpha value is -1.31. The minimum absolute atomic E-state index is 0.0237. The lowest BCUT2D eigenvalue weighted by Gasteiger charge is -2.32. The van der Waals surface area contributed by atoms with Crippen LogP contribution in [0.3, 0.4) is 0 Å². The molecule has 2 aliphatic rings. The molecule has 1 heterocycles. The number of ether oxygens (including phenoxy) is 1. The lowest BCUT2D eigenvalue weighted by Crippen LogP contribution is -2.41. The van der Waals surface area contributed by atoms with Crippen molar-refractivity contribution in [2.45, 2.75) is 75.2 Å². The molecule has 0 N–H and O–H groups in total. The van der Waals surface area contributed by atoms with Crippen LogP contribution in [-0.2, 0) is 14.0 Å². The van der Waals surface area contributed by atoms with E-state index in [4.69, 9.17) is 14.0 Å². The number of thioether (sulfide) groups is 1. The van der Waals surface area contributed by atoms with E-state index in [0.717, 1.165) is 11.8 Å². The Kier molecular flexibility index (Phi) is 5.74. The number of alkyl halides is 1. The molecule has 1 aromatic carbocycles. The van der Waals surface area contributed by atoms with Gasteiger partial charge in [0.15, 0.2) is 5.00 Å². The third kappa shape index (κ3) is 4.47. The van der Waals surface area contributed by atoms with E-state index >= 15 is 4.39 Å². The SMILES string of the molecule is CC(C)OC1=CCC(F)(Sc2ccc(B3OC(C)(C)C(C)(C)O3)cc2F)C=C1. The number of hydrogen-bond acceptors (Lipinski definition) is 4. The zero-order chi connectivity index (χ0) is 20.7. The number of benzene rings is 1. The van der Waals surface area contributed by atoms with Crippen LogP contribution in [0.15, 0.2) is 47.1 Å². The van der Waals surface area contributed by atoms with Crippen LogP contribution in [-0.4, -0.2) is 29.4 Å². The van der Waals surface area contributed by atoms with Gasteiger partial charge in [-0.1, -0.05) is 17.8 Å². The summed E-state index contributed by atoms with van der Waals surface area (Å²) in [4.78, 5) is 0.244. The summed E-state index contributed by atoms with van der Waals surface area (Å²) in [5.41, 5.74) is -0.417. The van der Waals surface area contributed by atoms with Gasteiger partial charge in [-0.15, -0.1) is 0 Å². The van der Waals surface area contributed by atoms with Crippen LogP contribution in [0.5, 0.6) is 0 Å². The summed E-state index contributed by atoms with van der Waals surface area (Å²) < 4.78 is 47.3. The second-order valence-corrected chi connectivity index (χ2v) is 9.80. The quantitative estimate of drug-likeness (QED) is 0.630. The summed E-state index contributed by atoms with van der Waals surface area (Å²) in [6, 6.07) is 4.68. The molecule has 1 unspecified atom stereocenters. The average Bonchev–Trinajstić information content (AvgIpc) is 2.79. The van der Waals surface area contributed by atoms with Gasteiger partial charge in [-0.2, -0.15) is 0 Å². The Balaban J connectivity index is 1.71. The summed E-state index contributed by atoms with van der Waals surface area (Å²) in [5.74, 6) is 0.149. The fourth-order valence-electron chi connectivity index (χ4n) is 2.93. The van der Waals surface area contributed by atoms with Crippen LogP contribution in [0, 0.1) is 5.82 Å². The molecule has 0 aromatic heterocycles. The highest BCUT2D eigenvalue weighted by atomic mass is 32.2. The number of halogens is 2. The molecule has 0 amide bonds. The average molecular weight is 408 g/mol. The molecule has 0 radical (unpaired) electrons. The monoisotopic (exact) mass is 408 g/mol. The van der Waals surface area contributed by atoms with Crippen LogP contribution in [0.1, 0.15) is 48.0 Å². The summed E-state index contributed by atoms with van der Waals surface area (Å²) in [6.07, 6.45) is 4.87. The molecule has 3 nitrogen and oxygen atoms in total. The summed E-state index contributed by atoms with van der Waals surface area (Å²) in [5, 5.41) is -1.71. The van der Waals surface area contributed by atoms with Gasteiger partial charge >= 0.3 is 7.12 Å². The van der Waals surface area contributed by atoms with Gasteiger partial charge in [0.05, 0.1) is 17.3 Å². The molecule has 1 aliphatic heterocycles. The van der Waals surface area contributed by atoms with Gasteiger partial charge in [-0.05, 0) is 77.4 Å². The van der Waals surface area contributed by atoms with E-state index in [1.807, 2.05) is 41.5 Å². The van der Waals surface area contributed by atoms with E-state index in [9.17, 15) is 4.39 Å². The van der Waals surface area contributed by atoms with Gasteiger partial charge in [0.2, 0.25) is 0 Å². The van der Waals surface area contributed by atoms with E-state index in [1.54, 1.807) is 24.3 Å². The third-order valence-electron chi connectivity index (χ3n) is 5.21. The molecule has 1 aromatic rings. The maximum Gasteiger partial charge on any atom is 0.494 e. The maximum atomic E-state index is 15.1. The van der Waals surface area contributed by atoms with E-state index in [0.29, 0.717) is 11.2 Å². The molecular formula is C21H27BF2O3S. The minimum atomic E-state index is -1.71.